The van der Waals surface area contributed by atoms with Gasteiger partial charge in [-0.1, -0.05) is 37.2 Å². The van der Waals surface area contributed by atoms with Gasteiger partial charge in [0.15, 0.2) is 0 Å². The number of aryl methyl sites for hydroxylation is 1. The number of benzene rings is 1. The van der Waals surface area contributed by atoms with Crippen molar-refractivity contribution in [3.05, 3.63) is 47.3 Å². The van der Waals surface area contributed by atoms with E-state index < -0.39 is 5.91 Å². The molecule has 7 nitrogen and oxygen atoms in total. The van der Waals surface area contributed by atoms with E-state index >= 15 is 0 Å². The predicted molar refractivity (Wildman–Crippen MR) is 100 cm³/mol. The Labute approximate surface area is 157 Å². The number of nitrogens with one attached hydrogen (secondary N) is 2. The van der Waals surface area contributed by atoms with Gasteiger partial charge in [0.25, 0.3) is 0 Å². The van der Waals surface area contributed by atoms with Crippen molar-refractivity contribution < 1.29 is 19.3 Å². The summed E-state index contributed by atoms with van der Waals surface area (Å²) in [6.07, 6.45) is 3.10. The Kier molecular flexibility index (Phi) is 10.3. The van der Waals surface area contributed by atoms with Gasteiger partial charge in [-0.3, -0.25) is 10.0 Å². The maximum Gasteiger partial charge on any atom is 0.313 e. The van der Waals surface area contributed by atoms with Gasteiger partial charge in [-0.15, -0.1) is 11.8 Å². The van der Waals surface area contributed by atoms with Crippen LogP contribution in [0.3, 0.4) is 0 Å². The number of fused-ring (bicyclic) bond motifs is 1. The van der Waals surface area contributed by atoms with E-state index in [1.54, 1.807) is 18.8 Å². The summed E-state index contributed by atoms with van der Waals surface area (Å²) in [7, 11) is 1.75. The second-order valence-electron chi connectivity index (χ2n) is 5.09. The summed E-state index contributed by atoms with van der Waals surface area (Å²) in [5.41, 5.74) is 3.44. The van der Waals surface area contributed by atoms with Crippen LogP contribution in [0.5, 0.6) is 0 Å². The Morgan fingerprint density at radius 2 is 2.15 bits per heavy atom. The highest BCUT2D eigenvalue weighted by molar-refractivity contribution is 8.00. The zero-order valence-corrected chi connectivity index (χ0v) is 16.0. The number of hydrogen-bond donors (Lipinski definition) is 3. The minimum absolute atomic E-state index is 0.0113. The monoisotopic (exact) mass is 379 g/mol. The summed E-state index contributed by atoms with van der Waals surface area (Å²) in [6.45, 7) is 4.52. The lowest BCUT2D eigenvalue weighted by Crippen LogP contribution is -2.17. The number of nitrogens with zero attached hydrogens (tertiary/aromatic N) is 1. The van der Waals surface area contributed by atoms with E-state index in [0.717, 1.165) is 19.1 Å². The van der Waals surface area contributed by atoms with Gasteiger partial charge >= 0.3 is 5.91 Å². The van der Waals surface area contributed by atoms with Crippen LogP contribution in [-0.4, -0.2) is 34.9 Å². The van der Waals surface area contributed by atoms with Crippen molar-refractivity contribution in [1.82, 2.24) is 16.0 Å². The third-order valence-corrected chi connectivity index (χ3v) is 4.64. The highest BCUT2D eigenvalue weighted by Crippen LogP contribution is 2.33. The molecule has 0 spiro atoms. The summed E-state index contributed by atoms with van der Waals surface area (Å²) < 4.78 is 4.61. The molecule has 1 amide bonds. The molecule has 2 heterocycles. The molecule has 1 unspecified atom stereocenters. The zero-order valence-electron chi connectivity index (χ0n) is 15.2. The molecule has 0 aliphatic carbocycles. The number of rotatable bonds is 4. The number of carbonyl (C=O) groups excluding carboxylic acids is 2. The molecule has 0 bridgehead atoms. The Balaban J connectivity index is 0.000000238. The Bertz CT molecular complexity index is 691. The van der Waals surface area contributed by atoms with Crippen molar-refractivity contribution >= 4 is 24.0 Å². The molecular formula is C18H25N3O4S. The largest absolute Gasteiger partial charge is 0.351 e. The van der Waals surface area contributed by atoms with Crippen molar-refractivity contribution in [2.45, 2.75) is 43.4 Å². The van der Waals surface area contributed by atoms with Crippen molar-refractivity contribution in [2.75, 3.05) is 7.05 Å². The molecule has 0 saturated heterocycles. The first-order valence-electron chi connectivity index (χ1n) is 8.42. The van der Waals surface area contributed by atoms with Crippen LogP contribution in [-0.2, 0) is 17.8 Å². The fourth-order valence-corrected chi connectivity index (χ4v) is 3.28. The molecule has 1 aliphatic heterocycles. The van der Waals surface area contributed by atoms with Gasteiger partial charge in [0.05, 0.1) is 10.9 Å². The molecule has 142 valence electrons. The summed E-state index contributed by atoms with van der Waals surface area (Å²) in [5, 5.41) is 14.8. The van der Waals surface area contributed by atoms with Gasteiger partial charge in [0.1, 0.15) is 6.29 Å². The molecule has 1 aromatic heterocycles. The minimum atomic E-state index is -0.704. The Hall–Kier alpha value is -2.16. The molecule has 0 radical (unpaired) electrons. The Morgan fingerprint density at radius 3 is 2.81 bits per heavy atom. The maximum atomic E-state index is 10.7. The van der Waals surface area contributed by atoms with Crippen LogP contribution < -0.4 is 10.8 Å². The highest BCUT2D eigenvalue weighted by Gasteiger charge is 2.17. The number of amides is 1. The molecule has 0 fully saturated rings. The van der Waals surface area contributed by atoms with Crippen LogP contribution in [0.1, 0.15) is 42.1 Å². The number of aromatic nitrogens is 1. The number of thioether (sulfide) groups is 1. The lowest BCUT2D eigenvalue weighted by Gasteiger charge is -2.19. The van der Waals surface area contributed by atoms with Crippen molar-refractivity contribution in [2.24, 2.45) is 0 Å². The molecule has 3 rings (SSSR count). The molecule has 0 saturated carbocycles. The fraction of sp³-hybridized carbons (Fsp3) is 0.389. The van der Waals surface area contributed by atoms with Crippen molar-refractivity contribution in [1.29, 1.82) is 0 Å². The number of aldehydes is 1. The standard InChI is InChI=1S/C10H10OS.C6H9N3O3.C2H6/c11-7-9-6-5-8-3-1-2-4-10(8)12-9;1-7-3-4-2-5(12-9-4)6(10)8-11;1-2/h1-4,7,9H,5-6H2;2,7,11H,3H2,1H3,(H,8,10);1-2H3. The molecule has 1 atom stereocenters. The smallest absolute Gasteiger partial charge is 0.313 e. The summed E-state index contributed by atoms with van der Waals surface area (Å²) in [6, 6.07) is 9.76. The molecule has 2 aromatic rings. The van der Waals surface area contributed by atoms with Gasteiger partial charge in [0, 0.05) is 17.5 Å². The first kappa shape index (κ1) is 21.9. The predicted octanol–water partition coefficient (Wildman–Crippen LogP) is 2.83. The zero-order chi connectivity index (χ0) is 19.4. The third-order valence-electron chi connectivity index (χ3n) is 3.34. The average Bonchev–Trinajstić information content (AvgIpc) is 3.18. The van der Waals surface area contributed by atoms with Crippen LogP contribution in [0, 0.1) is 0 Å². The van der Waals surface area contributed by atoms with Crippen LogP contribution in [0.25, 0.3) is 0 Å². The Morgan fingerprint density at radius 1 is 1.42 bits per heavy atom. The topological polar surface area (TPSA) is 104 Å². The van der Waals surface area contributed by atoms with E-state index in [-0.39, 0.29) is 11.0 Å². The third kappa shape index (κ3) is 6.62. The van der Waals surface area contributed by atoms with E-state index in [9.17, 15) is 9.59 Å². The fourth-order valence-electron chi connectivity index (χ4n) is 2.18. The first-order chi connectivity index (χ1) is 12.7. The molecule has 1 aromatic carbocycles. The average molecular weight is 379 g/mol. The normalized spacial score (nSPS) is 14.7. The molecule has 8 heteroatoms. The van der Waals surface area contributed by atoms with Gasteiger partial charge < -0.3 is 14.6 Å². The second kappa shape index (κ2) is 12.2. The lowest BCUT2D eigenvalue weighted by molar-refractivity contribution is -0.107. The number of hydrogen-bond acceptors (Lipinski definition) is 7. The van der Waals surface area contributed by atoms with Crippen molar-refractivity contribution in [3.8, 4) is 0 Å². The summed E-state index contributed by atoms with van der Waals surface area (Å²) in [5.74, 6) is -0.715. The van der Waals surface area contributed by atoms with Crippen LogP contribution in [0.2, 0.25) is 0 Å². The minimum Gasteiger partial charge on any atom is -0.351 e. The van der Waals surface area contributed by atoms with E-state index in [1.807, 2.05) is 19.9 Å². The van der Waals surface area contributed by atoms with E-state index in [4.69, 9.17) is 5.21 Å². The number of hydroxylamine groups is 1. The maximum absolute atomic E-state index is 10.7. The van der Waals surface area contributed by atoms with E-state index in [0.29, 0.717) is 12.2 Å². The van der Waals surface area contributed by atoms with Crippen LogP contribution >= 0.6 is 11.8 Å². The quantitative estimate of drug-likeness (QED) is 0.426. The molecule has 1 aliphatic rings. The SMILES string of the molecule is CC.CNCc1cc(C(=O)NO)on1.O=CC1CCc2ccccc2S1. The van der Waals surface area contributed by atoms with Crippen LogP contribution in [0.4, 0.5) is 0 Å². The molecule has 26 heavy (non-hydrogen) atoms. The van der Waals surface area contributed by atoms with E-state index in [2.05, 4.69) is 33.2 Å². The summed E-state index contributed by atoms with van der Waals surface area (Å²) in [4.78, 5) is 22.5. The van der Waals surface area contributed by atoms with Gasteiger partial charge in [-0.25, -0.2) is 5.48 Å². The lowest BCUT2D eigenvalue weighted by atomic mass is 10.1. The van der Waals surface area contributed by atoms with Crippen molar-refractivity contribution in [3.63, 3.8) is 0 Å². The number of carbonyl (C=O) groups is 2. The second-order valence-corrected chi connectivity index (χ2v) is 6.37. The summed E-state index contributed by atoms with van der Waals surface area (Å²) >= 11 is 1.69. The van der Waals surface area contributed by atoms with Crippen LogP contribution in [0.15, 0.2) is 39.8 Å². The van der Waals surface area contributed by atoms with Gasteiger partial charge in [0.2, 0.25) is 5.76 Å². The highest BCUT2D eigenvalue weighted by atomic mass is 32.2. The van der Waals surface area contributed by atoms with Gasteiger partial charge in [-0.05, 0) is 31.5 Å². The first-order valence-corrected chi connectivity index (χ1v) is 9.30. The molecular weight excluding hydrogens is 354 g/mol. The van der Waals surface area contributed by atoms with E-state index in [1.165, 1.54) is 22.0 Å². The van der Waals surface area contributed by atoms with Gasteiger partial charge in [-0.2, -0.15) is 0 Å². The molecule has 3 N–H and O–H groups in total.